The summed E-state index contributed by atoms with van der Waals surface area (Å²) in [6.45, 7) is 4.16. The van der Waals surface area contributed by atoms with Crippen LogP contribution < -0.4 is 10.7 Å². The number of hydrogen-bond donors (Lipinski definition) is 3. The van der Waals surface area contributed by atoms with Crippen molar-refractivity contribution in [3.63, 3.8) is 0 Å². The highest BCUT2D eigenvalue weighted by Gasteiger charge is 2.19. The lowest BCUT2D eigenvalue weighted by atomic mass is 10.3. The van der Waals surface area contributed by atoms with Gasteiger partial charge in [-0.25, -0.2) is 9.80 Å². The van der Waals surface area contributed by atoms with E-state index >= 15 is 0 Å². The number of rotatable bonds is 5. The minimum atomic E-state index is -1.05. The van der Waals surface area contributed by atoms with Gasteiger partial charge < -0.3 is 15.2 Å². The van der Waals surface area contributed by atoms with E-state index in [2.05, 4.69) is 10.7 Å². The lowest BCUT2D eigenvalue weighted by Crippen LogP contribution is -2.53. The van der Waals surface area contributed by atoms with Crippen LogP contribution in [0.3, 0.4) is 0 Å². The van der Waals surface area contributed by atoms with Gasteiger partial charge in [0.2, 0.25) is 5.91 Å². The Bertz CT molecular complexity index is 253. The minimum Gasteiger partial charge on any atom is -0.480 e. The van der Waals surface area contributed by atoms with Gasteiger partial charge in [0, 0.05) is 26.6 Å². The molecule has 1 atom stereocenters. The fraction of sp³-hybridized carbons (Fsp3) is 0.778. The second-order valence-electron chi connectivity index (χ2n) is 3.55. The summed E-state index contributed by atoms with van der Waals surface area (Å²) in [5.41, 5.74) is 2.97. The first kappa shape index (κ1) is 12.9. The molecule has 7 nitrogen and oxygen atoms in total. The fourth-order valence-corrected chi connectivity index (χ4v) is 1.39. The number of ether oxygens (including phenoxy) is 1. The summed E-state index contributed by atoms with van der Waals surface area (Å²) in [5, 5.41) is 13.1. The number of hydrazine groups is 1. The fourth-order valence-electron chi connectivity index (χ4n) is 1.39. The Labute approximate surface area is 93.7 Å². The summed E-state index contributed by atoms with van der Waals surface area (Å²) >= 11 is 0. The van der Waals surface area contributed by atoms with E-state index in [1.165, 1.54) is 6.92 Å². The Morgan fingerprint density at radius 1 is 1.44 bits per heavy atom. The molecule has 0 aliphatic carbocycles. The number of carboxylic acid groups (broad SMARTS) is 1. The number of aliphatic carboxylic acids is 1. The third-order valence-corrected chi connectivity index (χ3v) is 2.21. The molecule has 16 heavy (non-hydrogen) atoms. The monoisotopic (exact) mass is 231 g/mol. The van der Waals surface area contributed by atoms with Gasteiger partial charge in [0.15, 0.2) is 0 Å². The summed E-state index contributed by atoms with van der Waals surface area (Å²) in [7, 11) is 0. The molecule has 0 saturated carbocycles. The molecule has 0 aromatic heterocycles. The molecule has 1 aliphatic heterocycles. The molecule has 92 valence electrons. The van der Waals surface area contributed by atoms with E-state index in [9.17, 15) is 9.59 Å². The molecule has 0 aromatic carbocycles. The first-order valence-corrected chi connectivity index (χ1v) is 5.15. The molecule has 1 fully saturated rings. The second-order valence-corrected chi connectivity index (χ2v) is 3.55. The molecule has 0 radical (unpaired) electrons. The first-order valence-electron chi connectivity index (χ1n) is 5.15. The van der Waals surface area contributed by atoms with E-state index in [1.807, 2.05) is 5.01 Å². The number of nitrogens with zero attached hydrogens (tertiary/aromatic N) is 1. The number of amides is 1. The van der Waals surface area contributed by atoms with Gasteiger partial charge in [0.25, 0.3) is 0 Å². The first-order chi connectivity index (χ1) is 7.59. The van der Waals surface area contributed by atoms with E-state index < -0.39 is 12.0 Å². The maximum Gasteiger partial charge on any atom is 0.327 e. The van der Waals surface area contributed by atoms with Crippen LogP contribution in [-0.2, 0) is 14.3 Å². The molecule has 1 heterocycles. The maximum absolute atomic E-state index is 10.8. The van der Waals surface area contributed by atoms with Crippen LogP contribution in [0, 0.1) is 0 Å². The van der Waals surface area contributed by atoms with E-state index in [4.69, 9.17) is 9.84 Å². The van der Waals surface area contributed by atoms with E-state index in [0.29, 0.717) is 26.3 Å². The molecule has 0 spiro atoms. The Kier molecular flexibility index (Phi) is 5.17. The van der Waals surface area contributed by atoms with Crippen molar-refractivity contribution in [3.8, 4) is 0 Å². The van der Waals surface area contributed by atoms with Gasteiger partial charge >= 0.3 is 5.97 Å². The maximum atomic E-state index is 10.8. The molecule has 7 heteroatoms. The second kappa shape index (κ2) is 6.41. The van der Waals surface area contributed by atoms with Crippen molar-refractivity contribution in [3.05, 3.63) is 0 Å². The van der Waals surface area contributed by atoms with Gasteiger partial charge in [-0.1, -0.05) is 0 Å². The van der Waals surface area contributed by atoms with Crippen molar-refractivity contribution >= 4 is 11.9 Å². The van der Waals surface area contributed by atoms with Crippen LogP contribution in [-0.4, -0.2) is 60.9 Å². The Balaban J connectivity index is 2.30. The van der Waals surface area contributed by atoms with Gasteiger partial charge in [-0.05, 0) is 0 Å². The van der Waals surface area contributed by atoms with E-state index in [1.54, 1.807) is 0 Å². The summed E-state index contributed by atoms with van der Waals surface area (Å²) in [4.78, 5) is 21.6. The lowest BCUT2D eigenvalue weighted by Gasteiger charge is -2.28. The number of carbonyl (C=O) groups excluding carboxylic acids is 1. The van der Waals surface area contributed by atoms with Crippen molar-refractivity contribution in [1.29, 1.82) is 0 Å². The number of morpholine rings is 1. The minimum absolute atomic E-state index is 0.176. The molecule has 1 unspecified atom stereocenters. The van der Waals surface area contributed by atoms with Gasteiger partial charge in [-0.2, -0.15) is 0 Å². The van der Waals surface area contributed by atoms with Crippen LogP contribution in [0.15, 0.2) is 0 Å². The smallest absolute Gasteiger partial charge is 0.327 e. The molecule has 0 bridgehead atoms. The average molecular weight is 231 g/mol. The molecule has 1 rings (SSSR count). The van der Waals surface area contributed by atoms with Gasteiger partial charge in [-0.15, -0.1) is 0 Å². The van der Waals surface area contributed by atoms with Crippen LogP contribution in [0.1, 0.15) is 6.92 Å². The predicted molar refractivity (Wildman–Crippen MR) is 55.6 cm³/mol. The largest absolute Gasteiger partial charge is 0.480 e. The van der Waals surface area contributed by atoms with E-state index in [0.717, 1.165) is 0 Å². The highest BCUT2D eigenvalue weighted by Crippen LogP contribution is 1.93. The highest BCUT2D eigenvalue weighted by atomic mass is 16.5. The molecular weight excluding hydrogens is 214 g/mol. The Hall–Kier alpha value is -1.18. The quantitative estimate of drug-likeness (QED) is 0.528. The lowest BCUT2D eigenvalue weighted by molar-refractivity contribution is -0.141. The standard InChI is InChI=1S/C9H17N3O4/c1-7(13)11-8(9(14)15)6-10-12-2-4-16-5-3-12/h8,10H,2-6H2,1H3,(H,11,13)(H,14,15). The number of carboxylic acids is 1. The third-order valence-electron chi connectivity index (χ3n) is 2.21. The molecule has 3 N–H and O–H groups in total. The van der Waals surface area contributed by atoms with Crippen molar-refractivity contribution < 1.29 is 19.4 Å². The van der Waals surface area contributed by atoms with Crippen molar-refractivity contribution in [2.24, 2.45) is 0 Å². The SMILES string of the molecule is CC(=O)NC(CNN1CCOCC1)C(=O)O. The zero-order valence-corrected chi connectivity index (χ0v) is 9.23. The predicted octanol–water partition coefficient (Wildman–Crippen LogP) is -1.59. The van der Waals surface area contributed by atoms with Crippen molar-refractivity contribution in [2.75, 3.05) is 32.8 Å². The summed E-state index contributed by atoms with van der Waals surface area (Å²) in [6, 6.07) is -0.902. The normalized spacial score (nSPS) is 19.1. The third kappa shape index (κ3) is 4.56. The van der Waals surface area contributed by atoms with Crippen molar-refractivity contribution in [1.82, 2.24) is 15.8 Å². The molecule has 1 aliphatic rings. The zero-order chi connectivity index (χ0) is 12.0. The average Bonchev–Trinajstić information content (AvgIpc) is 2.25. The zero-order valence-electron chi connectivity index (χ0n) is 9.23. The topological polar surface area (TPSA) is 90.9 Å². The Morgan fingerprint density at radius 2 is 2.06 bits per heavy atom. The van der Waals surface area contributed by atoms with Crippen LogP contribution >= 0.6 is 0 Å². The summed E-state index contributed by atoms with van der Waals surface area (Å²) in [6.07, 6.45) is 0. The van der Waals surface area contributed by atoms with Crippen LogP contribution in [0.25, 0.3) is 0 Å². The Morgan fingerprint density at radius 3 is 2.56 bits per heavy atom. The van der Waals surface area contributed by atoms with Gasteiger partial charge in [0.05, 0.1) is 13.2 Å². The summed E-state index contributed by atoms with van der Waals surface area (Å²) < 4.78 is 5.15. The number of nitrogens with one attached hydrogen (secondary N) is 2. The van der Waals surface area contributed by atoms with Gasteiger partial charge in [0.1, 0.15) is 6.04 Å². The molecular formula is C9H17N3O4. The van der Waals surface area contributed by atoms with Crippen LogP contribution in [0.5, 0.6) is 0 Å². The van der Waals surface area contributed by atoms with Crippen molar-refractivity contribution in [2.45, 2.75) is 13.0 Å². The van der Waals surface area contributed by atoms with Crippen LogP contribution in [0.4, 0.5) is 0 Å². The van der Waals surface area contributed by atoms with Crippen LogP contribution in [0.2, 0.25) is 0 Å². The molecule has 1 amide bonds. The number of hydrogen-bond acceptors (Lipinski definition) is 5. The highest BCUT2D eigenvalue weighted by molar-refractivity contribution is 5.82. The van der Waals surface area contributed by atoms with Gasteiger partial charge in [-0.3, -0.25) is 10.2 Å². The molecule has 1 saturated heterocycles. The number of carbonyl (C=O) groups is 2. The molecule has 0 aromatic rings. The summed E-state index contributed by atoms with van der Waals surface area (Å²) in [5.74, 6) is -1.40. The van der Waals surface area contributed by atoms with E-state index in [-0.39, 0.29) is 12.5 Å².